The summed E-state index contributed by atoms with van der Waals surface area (Å²) in [6, 6.07) is 5.29. The van der Waals surface area contributed by atoms with Crippen LogP contribution in [0.3, 0.4) is 0 Å². The molecule has 0 spiro atoms. The maximum atomic E-state index is 12.0. The van der Waals surface area contributed by atoms with Crippen LogP contribution < -0.4 is 5.43 Å². The molecule has 0 saturated carbocycles. The lowest BCUT2D eigenvalue weighted by atomic mass is 10.2. The van der Waals surface area contributed by atoms with Gasteiger partial charge in [0, 0.05) is 21.5 Å². The number of aromatic nitrogens is 2. The quantitative estimate of drug-likeness (QED) is 0.113. The number of nitrogens with one attached hydrogen (secondary N) is 1. The molecule has 150 valence electrons. The summed E-state index contributed by atoms with van der Waals surface area (Å²) in [5.74, 6) is 0.963. The summed E-state index contributed by atoms with van der Waals surface area (Å²) < 4.78 is 1.32. The van der Waals surface area contributed by atoms with Crippen molar-refractivity contribution in [3.8, 4) is 5.75 Å². The Morgan fingerprint density at radius 2 is 2.07 bits per heavy atom. The zero-order chi connectivity index (χ0) is 20.5. The molecule has 1 amide bonds. The number of benzene rings is 1. The molecule has 0 radical (unpaired) electrons. The van der Waals surface area contributed by atoms with E-state index in [0.717, 1.165) is 38.9 Å². The van der Waals surface area contributed by atoms with Gasteiger partial charge in [-0.3, -0.25) is 4.79 Å². The van der Waals surface area contributed by atoms with Crippen LogP contribution in [0.25, 0.3) is 0 Å². The molecule has 2 rings (SSSR count). The van der Waals surface area contributed by atoms with Gasteiger partial charge in [-0.1, -0.05) is 52.8 Å². The van der Waals surface area contributed by atoms with Crippen LogP contribution in [0.2, 0.25) is 0 Å². The standard InChI is InChI=1S/C18H20Br2N4O2S2/c1-3-4-5-27-18-22-11(2)6-16(23-18)28-10-15(25)24-21-9-12-7-13(19)8-14(20)17(12)26/h6-9,26H,3-5,10H2,1-2H3,(H,24,25). The van der Waals surface area contributed by atoms with Crippen LogP contribution in [0.4, 0.5) is 0 Å². The first-order valence-electron chi connectivity index (χ1n) is 8.50. The van der Waals surface area contributed by atoms with Crippen molar-refractivity contribution in [2.24, 2.45) is 5.10 Å². The highest BCUT2D eigenvalue weighted by Crippen LogP contribution is 2.30. The molecule has 0 saturated heterocycles. The summed E-state index contributed by atoms with van der Waals surface area (Å²) in [6.45, 7) is 4.07. The first-order chi connectivity index (χ1) is 13.4. The normalized spacial score (nSPS) is 11.1. The highest BCUT2D eigenvalue weighted by atomic mass is 79.9. The molecule has 28 heavy (non-hydrogen) atoms. The Balaban J connectivity index is 1.89. The maximum Gasteiger partial charge on any atom is 0.250 e. The number of aryl methyl sites for hydroxylation is 1. The van der Waals surface area contributed by atoms with E-state index in [9.17, 15) is 9.90 Å². The predicted molar refractivity (Wildman–Crippen MR) is 122 cm³/mol. The number of carbonyl (C=O) groups excluding carboxylic acids is 1. The van der Waals surface area contributed by atoms with Crippen LogP contribution in [0.5, 0.6) is 5.75 Å². The number of aromatic hydroxyl groups is 1. The second-order valence-electron chi connectivity index (χ2n) is 5.74. The summed E-state index contributed by atoms with van der Waals surface area (Å²) in [5, 5.41) is 15.4. The Labute approximate surface area is 189 Å². The number of amides is 1. The maximum absolute atomic E-state index is 12.0. The highest BCUT2D eigenvalue weighted by Gasteiger charge is 2.08. The van der Waals surface area contributed by atoms with E-state index in [1.807, 2.05) is 13.0 Å². The van der Waals surface area contributed by atoms with Crippen LogP contribution >= 0.6 is 55.4 Å². The number of nitrogens with zero attached hydrogens (tertiary/aromatic N) is 3. The molecular weight excluding hydrogens is 528 g/mol. The number of hydrazone groups is 1. The second-order valence-corrected chi connectivity index (χ2v) is 9.57. The van der Waals surface area contributed by atoms with Gasteiger partial charge in [-0.15, -0.1) is 0 Å². The smallest absolute Gasteiger partial charge is 0.250 e. The first-order valence-corrected chi connectivity index (χ1v) is 12.1. The van der Waals surface area contributed by atoms with Gasteiger partial charge in [0.05, 0.1) is 16.4 Å². The molecule has 10 heteroatoms. The third kappa shape index (κ3) is 7.73. The molecule has 0 aliphatic rings. The van der Waals surface area contributed by atoms with Crippen molar-refractivity contribution >= 4 is 67.5 Å². The largest absolute Gasteiger partial charge is 0.506 e. The Bertz CT molecular complexity index is 866. The van der Waals surface area contributed by atoms with Gasteiger partial charge in [0.2, 0.25) is 5.91 Å². The second kappa shape index (κ2) is 11.8. The monoisotopic (exact) mass is 546 g/mol. The lowest BCUT2D eigenvalue weighted by Gasteiger charge is -2.05. The molecule has 6 nitrogen and oxygen atoms in total. The van der Waals surface area contributed by atoms with E-state index in [4.69, 9.17) is 0 Å². The van der Waals surface area contributed by atoms with Gasteiger partial charge < -0.3 is 5.11 Å². The van der Waals surface area contributed by atoms with Gasteiger partial charge in [-0.05, 0) is 47.5 Å². The van der Waals surface area contributed by atoms with E-state index in [-0.39, 0.29) is 17.4 Å². The van der Waals surface area contributed by atoms with Gasteiger partial charge in [-0.25, -0.2) is 15.4 Å². The van der Waals surface area contributed by atoms with Gasteiger partial charge in [0.25, 0.3) is 0 Å². The van der Waals surface area contributed by atoms with Crippen molar-refractivity contribution in [2.45, 2.75) is 36.9 Å². The fourth-order valence-corrected chi connectivity index (χ4v) is 5.04. The fraction of sp³-hybridized carbons (Fsp3) is 0.333. The van der Waals surface area contributed by atoms with Crippen molar-refractivity contribution in [1.29, 1.82) is 0 Å². The molecule has 1 heterocycles. The molecule has 0 fully saturated rings. The van der Waals surface area contributed by atoms with E-state index in [1.165, 1.54) is 18.0 Å². The van der Waals surface area contributed by atoms with Crippen molar-refractivity contribution < 1.29 is 9.90 Å². The lowest BCUT2D eigenvalue weighted by molar-refractivity contribution is -0.118. The number of halogens is 2. The molecule has 1 aromatic carbocycles. The van der Waals surface area contributed by atoms with E-state index in [1.54, 1.807) is 23.9 Å². The molecule has 0 bridgehead atoms. The number of phenolic OH excluding ortho intramolecular Hbond substituents is 1. The Kier molecular flexibility index (Phi) is 9.76. The van der Waals surface area contributed by atoms with Crippen molar-refractivity contribution in [3.63, 3.8) is 0 Å². The van der Waals surface area contributed by atoms with Gasteiger partial charge in [0.15, 0.2) is 5.16 Å². The van der Waals surface area contributed by atoms with Crippen LogP contribution in [0.15, 0.2) is 42.4 Å². The molecule has 2 aromatic rings. The lowest BCUT2D eigenvalue weighted by Crippen LogP contribution is -2.19. The van der Waals surface area contributed by atoms with Crippen LogP contribution in [-0.4, -0.2) is 38.7 Å². The highest BCUT2D eigenvalue weighted by molar-refractivity contribution is 9.11. The van der Waals surface area contributed by atoms with E-state index >= 15 is 0 Å². The third-order valence-electron chi connectivity index (χ3n) is 3.34. The van der Waals surface area contributed by atoms with Gasteiger partial charge >= 0.3 is 0 Å². The zero-order valence-corrected chi connectivity index (χ0v) is 20.2. The van der Waals surface area contributed by atoms with Crippen molar-refractivity contribution in [3.05, 3.63) is 38.4 Å². The summed E-state index contributed by atoms with van der Waals surface area (Å²) in [4.78, 5) is 20.9. The average molecular weight is 548 g/mol. The Hall–Kier alpha value is -1.10. The SMILES string of the molecule is CCCCSc1nc(C)cc(SCC(=O)NN=Cc2cc(Br)cc(Br)c2O)n1. The van der Waals surface area contributed by atoms with E-state index < -0.39 is 0 Å². The summed E-state index contributed by atoms with van der Waals surface area (Å²) in [6.07, 6.45) is 3.65. The molecule has 0 unspecified atom stereocenters. The number of hydrogen-bond donors (Lipinski definition) is 2. The number of unbranched alkanes of at least 4 members (excludes halogenated alkanes) is 1. The number of thioether (sulfide) groups is 2. The molecule has 0 aliphatic heterocycles. The third-order valence-corrected chi connectivity index (χ3v) is 6.25. The summed E-state index contributed by atoms with van der Waals surface area (Å²) >= 11 is 9.56. The van der Waals surface area contributed by atoms with Crippen LogP contribution in [0, 0.1) is 6.92 Å². The molecule has 2 N–H and O–H groups in total. The fourth-order valence-electron chi connectivity index (χ4n) is 1.99. The minimum absolute atomic E-state index is 0.0557. The minimum Gasteiger partial charge on any atom is -0.506 e. The summed E-state index contributed by atoms with van der Waals surface area (Å²) in [5.41, 5.74) is 3.82. The van der Waals surface area contributed by atoms with E-state index in [2.05, 4.69) is 59.3 Å². The van der Waals surface area contributed by atoms with Crippen LogP contribution in [0.1, 0.15) is 31.0 Å². The van der Waals surface area contributed by atoms with Crippen LogP contribution in [-0.2, 0) is 4.79 Å². The number of phenols is 1. The molecule has 0 atom stereocenters. The van der Waals surface area contributed by atoms with Crippen molar-refractivity contribution in [2.75, 3.05) is 11.5 Å². The predicted octanol–water partition coefficient (Wildman–Crippen LogP) is 5.15. The van der Waals surface area contributed by atoms with Crippen molar-refractivity contribution in [1.82, 2.24) is 15.4 Å². The number of hydrogen-bond acceptors (Lipinski definition) is 7. The first kappa shape index (κ1) is 23.2. The zero-order valence-electron chi connectivity index (χ0n) is 15.4. The number of carbonyl (C=O) groups is 1. The Morgan fingerprint density at radius 3 is 2.82 bits per heavy atom. The number of rotatable bonds is 9. The minimum atomic E-state index is -0.258. The van der Waals surface area contributed by atoms with Gasteiger partial charge in [-0.2, -0.15) is 5.10 Å². The Morgan fingerprint density at radius 1 is 1.29 bits per heavy atom. The van der Waals surface area contributed by atoms with Gasteiger partial charge in [0.1, 0.15) is 10.8 Å². The molecule has 1 aromatic heterocycles. The average Bonchev–Trinajstić information content (AvgIpc) is 2.64. The summed E-state index contributed by atoms with van der Waals surface area (Å²) in [7, 11) is 0. The molecule has 0 aliphatic carbocycles. The topological polar surface area (TPSA) is 87.5 Å². The molecular formula is C18H20Br2N4O2S2. The van der Waals surface area contributed by atoms with E-state index in [0.29, 0.717) is 10.0 Å².